The summed E-state index contributed by atoms with van der Waals surface area (Å²) in [4.78, 5) is 14.9. The zero-order valence-corrected chi connectivity index (χ0v) is 9.62. The number of aromatic amines is 1. The Hall–Kier alpha value is -2.19. The Bertz CT molecular complexity index is 598. The van der Waals surface area contributed by atoms with Crippen LogP contribution in [-0.4, -0.2) is 10.9 Å². The van der Waals surface area contributed by atoms with E-state index in [0.717, 1.165) is 9.92 Å². The van der Waals surface area contributed by atoms with Crippen molar-refractivity contribution >= 4 is 17.7 Å². The van der Waals surface area contributed by atoms with Gasteiger partial charge in [0.15, 0.2) is 0 Å². The first-order valence-corrected chi connectivity index (χ1v) is 5.68. The number of H-pyrrole nitrogens is 1. The molecule has 0 saturated carbocycles. The summed E-state index contributed by atoms with van der Waals surface area (Å²) in [6.45, 7) is 0. The molecule has 17 heavy (non-hydrogen) atoms. The standard InChI is InChI=1S/C12H9N3OS/c13-7-8-5-6-11(15-8)17-10-4-2-1-3-9(10)12(14)16/h1-6,15H,(H2,14,16). The number of nitriles is 1. The molecule has 2 aromatic rings. The number of nitrogens with one attached hydrogen (secondary N) is 1. The molecule has 0 aliphatic carbocycles. The number of benzene rings is 1. The van der Waals surface area contributed by atoms with Gasteiger partial charge in [0.1, 0.15) is 11.8 Å². The molecule has 3 N–H and O–H groups in total. The molecule has 1 aromatic carbocycles. The van der Waals surface area contributed by atoms with Gasteiger partial charge in [0.25, 0.3) is 0 Å². The highest BCUT2D eigenvalue weighted by atomic mass is 32.2. The molecule has 0 radical (unpaired) electrons. The molecule has 0 aliphatic rings. The van der Waals surface area contributed by atoms with Crippen molar-refractivity contribution in [1.82, 2.24) is 4.98 Å². The number of rotatable bonds is 3. The average molecular weight is 243 g/mol. The highest BCUT2D eigenvalue weighted by molar-refractivity contribution is 7.99. The number of carbonyl (C=O) groups excluding carboxylic acids is 1. The van der Waals surface area contributed by atoms with Crippen molar-refractivity contribution in [3.05, 3.63) is 47.7 Å². The van der Waals surface area contributed by atoms with Crippen LogP contribution in [0.2, 0.25) is 0 Å². The molecule has 0 bridgehead atoms. The van der Waals surface area contributed by atoms with Crippen molar-refractivity contribution in [2.75, 3.05) is 0 Å². The maximum atomic E-state index is 11.2. The second-order valence-electron chi connectivity index (χ2n) is 3.31. The maximum absolute atomic E-state index is 11.2. The van der Waals surface area contributed by atoms with Crippen molar-refractivity contribution < 1.29 is 4.79 Å². The maximum Gasteiger partial charge on any atom is 0.249 e. The third-order valence-electron chi connectivity index (χ3n) is 2.15. The monoisotopic (exact) mass is 243 g/mol. The van der Waals surface area contributed by atoms with Crippen LogP contribution in [0.25, 0.3) is 0 Å². The minimum absolute atomic E-state index is 0.458. The Morgan fingerprint density at radius 3 is 2.71 bits per heavy atom. The molecule has 4 nitrogen and oxygen atoms in total. The van der Waals surface area contributed by atoms with Crippen LogP contribution in [0.3, 0.4) is 0 Å². The zero-order chi connectivity index (χ0) is 12.3. The minimum atomic E-state index is -0.458. The Morgan fingerprint density at radius 2 is 2.06 bits per heavy atom. The molecular weight excluding hydrogens is 234 g/mol. The third-order valence-corrected chi connectivity index (χ3v) is 3.19. The average Bonchev–Trinajstić information content (AvgIpc) is 2.77. The molecule has 0 spiro atoms. The largest absolute Gasteiger partial charge is 0.366 e. The molecule has 2 rings (SSSR count). The molecule has 0 saturated heterocycles. The lowest BCUT2D eigenvalue weighted by Crippen LogP contribution is -2.11. The van der Waals surface area contributed by atoms with Crippen molar-refractivity contribution in [2.24, 2.45) is 5.73 Å². The van der Waals surface area contributed by atoms with E-state index in [1.807, 2.05) is 18.2 Å². The first kappa shape index (κ1) is 11.3. The second-order valence-corrected chi connectivity index (χ2v) is 4.39. The van der Waals surface area contributed by atoms with Gasteiger partial charge in [0, 0.05) is 4.90 Å². The van der Waals surface area contributed by atoms with E-state index in [-0.39, 0.29) is 0 Å². The predicted molar refractivity (Wildman–Crippen MR) is 64.6 cm³/mol. The molecular formula is C12H9N3OS. The van der Waals surface area contributed by atoms with Crippen LogP contribution in [0.1, 0.15) is 16.1 Å². The van der Waals surface area contributed by atoms with E-state index >= 15 is 0 Å². The summed E-state index contributed by atoms with van der Waals surface area (Å²) in [6, 6.07) is 12.6. The van der Waals surface area contributed by atoms with Gasteiger partial charge in [-0.2, -0.15) is 5.26 Å². The quantitative estimate of drug-likeness (QED) is 0.866. The van der Waals surface area contributed by atoms with Crippen LogP contribution < -0.4 is 5.73 Å². The minimum Gasteiger partial charge on any atom is -0.366 e. The molecule has 5 heteroatoms. The number of nitrogens with two attached hydrogens (primary N) is 1. The van der Waals surface area contributed by atoms with Gasteiger partial charge in [-0.15, -0.1) is 0 Å². The summed E-state index contributed by atoms with van der Waals surface area (Å²) >= 11 is 1.37. The lowest BCUT2D eigenvalue weighted by Gasteiger charge is -2.03. The van der Waals surface area contributed by atoms with E-state index in [9.17, 15) is 4.79 Å². The Morgan fingerprint density at radius 1 is 1.29 bits per heavy atom. The van der Waals surface area contributed by atoms with Crippen LogP contribution >= 0.6 is 11.8 Å². The summed E-state index contributed by atoms with van der Waals surface area (Å²) < 4.78 is 0. The van der Waals surface area contributed by atoms with E-state index in [1.54, 1.807) is 24.3 Å². The van der Waals surface area contributed by atoms with Crippen LogP contribution in [0, 0.1) is 11.3 Å². The molecule has 0 aliphatic heterocycles. The van der Waals surface area contributed by atoms with Gasteiger partial charge in [0.05, 0.1) is 10.6 Å². The lowest BCUT2D eigenvalue weighted by atomic mass is 10.2. The number of primary amides is 1. The molecule has 84 valence electrons. The predicted octanol–water partition coefficient (Wildman–Crippen LogP) is 2.14. The van der Waals surface area contributed by atoms with Crippen molar-refractivity contribution in [3.63, 3.8) is 0 Å². The second kappa shape index (κ2) is 4.76. The van der Waals surface area contributed by atoms with Gasteiger partial charge in [-0.25, -0.2) is 0 Å². The summed E-state index contributed by atoms with van der Waals surface area (Å²) in [5.74, 6) is -0.458. The summed E-state index contributed by atoms with van der Waals surface area (Å²) in [7, 11) is 0. The molecule has 1 aromatic heterocycles. The van der Waals surface area contributed by atoms with Crippen molar-refractivity contribution in [2.45, 2.75) is 9.92 Å². The lowest BCUT2D eigenvalue weighted by molar-refractivity contribution is 0.0997. The van der Waals surface area contributed by atoms with E-state index in [1.165, 1.54) is 11.8 Å². The fourth-order valence-corrected chi connectivity index (χ4v) is 2.34. The van der Waals surface area contributed by atoms with E-state index in [4.69, 9.17) is 11.0 Å². The molecule has 1 amide bonds. The number of hydrogen-bond acceptors (Lipinski definition) is 3. The third kappa shape index (κ3) is 2.49. The highest BCUT2D eigenvalue weighted by Gasteiger charge is 2.09. The number of aromatic nitrogens is 1. The smallest absolute Gasteiger partial charge is 0.249 e. The van der Waals surface area contributed by atoms with Crippen LogP contribution in [0.15, 0.2) is 46.3 Å². The summed E-state index contributed by atoms with van der Waals surface area (Å²) in [5.41, 5.74) is 6.25. The fourth-order valence-electron chi connectivity index (χ4n) is 1.38. The number of carbonyl (C=O) groups is 1. The van der Waals surface area contributed by atoms with E-state index in [2.05, 4.69) is 4.98 Å². The van der Waals surface area contributed by atoms with Crippen LogP contribution in [0.5, 0.6) is 0 Å². The van der Waals surface area contributed by atoms with Crippen LogP contribution in [-0.2, 0) is 0 Å². The van der Waals surface area contributed by atoms with Gasteiger partial charge >= 0.3 is 0 Å². The molecule has 1 heterocycles. The first-order valence-electron chi connectivity index (χ1n) is 4.86. The highest BCUT2D eigenvalue weighted by Crippen LogP contribution is 2.29. The normalized spacial score (nSPS) is 9.82. The Balaban J connectivity index is 2.30. The van der Waals surface area contributed by atoms with Gasteiger partial charge < -0.3 is 10.7 Å². The molecule has 0 fully saturated rings. The van der Waals surface area contributed by atoms with Crippen molar-refractivity contribution in [1.29, 1.82) is 5.26 Å². The fraction of sp³-hybridized carbons (Fsp3) is 0. The Labute approximate surface area is 102 Å². The number of nitrogens with zero attached hydrogens (tertiary/aromatic N) is 1. The molecule has 0 atom stereocenters. The van der Waals surface area contributed by atoms with Gasteiger partial charge in [-0.3, -0.25) is 4.79 Å². The van der Waals surface area contributed by atoms with Gasteiger partial charge in [-0.1, -0.05) is 23.9 Å². The topological polar surface area (TPSA) is 82.7 Å². The summed E-state index contributed by atoms with van der Waals surface area (Å²) in [6.07, 6.45) is 0. The van der Waals surface area contributed by atoms with E-state index < -0.39 is 5.91 Å². The number of amides is 1. The number of hydrogen-bond donors (Lipinski definition) is 2. The Kier molecular flexibility index (Phi) is 3.17. The van der Waals surface area contributed by atoms with E-state index in [0.29, 0.717) is 11.3 Å². The SMILES string of the molecule is N#Cc1ccc(Sc2ccccc2C(N)=O)[nH]1. The first-order chi connectivity index (χ1) is 8.20. The van der Waals surface area contributed by atoms with Gasteiger partial charge in [0.2, 0.25) is 5.91 Å². The molecule has 0 unspecified atom stereocenters. The zero-order valence-electron chi connectivity index (χ0n) is 8.81. The summed E-state index contributed by atoms with van der Waals surface area (Å²) in [5, 5.41) is 9.50. The van der Waals surface area contributed by atoms with Crippen molar-refractivity contribution in [3.8, 4) is 6.07 Å². The van der Waals surface area contributed by atoms with Crippen LogP contribution in [0.4, 0.5) is 0 Å². The van der Waals surface area contributed by atoms with Gasteiger partial charge in [-0.05, 0) is 24.3 Å².